The average Bonchev–Trinajstić information content (AvgIpc) is 3.37. The minimum Gasteiger partial charge on any atom is -0.497 e. The van der Waals surface area contributed by atoms with Gasteiger partial charge in [0, 0.05) is 10.8 Å². The third-order valence-corrected chi connectivity index (χ3v) is 7.28. The Morgan fingerprint density at radius 2 is 1.08 bits per heavy atom. The second-order valence-corrected chi connectivity index (χ2v) is 9.43. The fourth-order valence-corrected chi connectivity index (χ4v) is 5.38. The second kappa shape index (κ2) is 8.69. The molecule has 37 heavy (non-hydrogen) atoms. The number of hydrogen-bond donors (Lipinski definition) is 0. The number of fused-ring (bicyclic) bond motifs is 5. The van der Waals surface area contributed by atoms with Crippen LogP contribution in [-0.2, 0) is 0 Å². The van der Waals surface area contributed by atoms with Crippen molar-refractivity contribution < 1.29 is 4.74 Å². The third kappa shape index (κ3) is 3.66. The maximum absolute atomic E-state index is 5.34. The molecule has 7 aromatic rings. The molecule has 0 aliphatic carbocycles. The molecule has 0 bridgehead atoms. The molecular weight excluding hydrogens is 450 g/mol. The highest BCUT2D eigenvalue weighted by Crippen LogP contribution is 2.36. The summed E-state index contributed by atoms with van der Waals surface area (Å²) in [5, 5.41) is 3.73. The Bertz CT molecular complexity index is 1880. The van der Waals surface area contributed by atoms with Crippen LogP contribution < -0.4 is 4.74 Å². The number of pyridine rings is 1. The monoisotopic (exact) mass is 475 g/mol. The highest BCUT2D eigenvalue weighted by Gasteiger charge is 2.14. The minimum atomic E-state index is 0.869. The fourth-order valence-electron chi connectivity index (χ4n) is 5.38. The predicted molar refractivity (Wildman–Crippen MR) is 155 cm³/mol. The summed E-state index contributed by atoms with van der Waals surface area (Å²) in [5.74, 6) is 0.869. The van der Waals surface area contributed by atoms with Crippen LogP contribution >= 0.6 is 0 Å². The average molecular weight is 476 g/mol. The topological polar surface area (TPSA) is 13.6 Å². The van der Waals surface area contributed by atoms with Crippen LogP contribution in [0.5, 0.6) is 5.75 Å². The summed E-state index contributed by atoms with van der Waals surface area (Å²) in [6, 6.07) is 47.8. The molecule has 0 aliphatic rings. The Balaban J connectivity index is 1.43. The summed E-state index contributed by atoms with van der Waals surface area (Å²) < 4.78 is 7.75. The molecule has 5 aromatic carbocycles. The SMILES string of the molecule is COc1ccc(-c2ccc3c(c2)cc2c4ccccc4cc(-c4ccc(-c5ccccc5)cc4)n32)cc1. The molecule has 0 saturated carbocycles. The number of rotatable bonds is 4. The molecule has 0 atom stereocenters. The molecule has 176 valence electrons. The first-order chi connectivity index (χ1) is 18.3. The quantitative estimate of drug-likeness (QED) is 0.247. The summed E-state index contributed by atoms with van der Waals surface area (Å²) in [7, 11) is 1.70. The van der Waals surface area contributed by atoms with Crippen molar-refractivity contribution in [2.45, 2.75) is 0 Å². The molecule has 2 heteroatoms. The van der Waals surface area contributed by atoms with Gasteiger partial charge in [0.15, 0.2) is 0 Å². The van der Waals surface area contributed by atoms with E-state index in [-0.39, 0.29) is 0 Å². The molecule has 2 heterocycles. The summed E-state index contributed by atoms with van der Waals surface area (Å²) >= 11 is 0. The van der Waals surface area contributed by atoms with Crippen molar-refractivity contribution in [3.63, 3.8) is 0 Å². The molecule has 0 aliphatic heterocycles. The third-order valence-electron chi connectivity index (χ3n) is 7.28. The zero-order chi connectivity index (χ0) is 24.8. The lowest BCUT2D eigenvalue weighted by Gasteiger charge is -2.12. The lowest BCUT2D eigenvalue weighted by Crippen LogP contribution is -1.93. The van der Waals surface area contributed by atoms with Crippen LogP contribution in [0.2, 0.25) is 0 Å². The fraction of sp³-hybridized carbons (Fsp3) is 0.0286. The maximum atomic E-state index is 5.34. The van der Waals surface area contributed by atoms with E-state index in [0.717, 1.165) is 5.75 Å². The summed E-state index contributed by atoms with van der Waals surface area (Å²) in [5.41, 5.74) is 9.66. The van der Waals surface area contributed by atoms with Gasteiger partial charge in [0.2, 0.25) is 0 Å². The van der Waals surface area contributed by atoms with E-state index >= 15 is 0 Å². The van der Waals surface area contributed by atoms with Crippen molar-refractivity contribution >= 4 is 27.2 Å². The van der Waals surface area contributed by atoms with Crippen molar-refractivity contribution in [1.82, 2.24) is 4.40 Å². The Morgan fingerprint density at radius 3 is 1.86 bits per heavy atom. The summed E-state index contributed by atoms with van der Waals surface area (Å²) in [4.78, 5) is 0. The van der Waals surface area contributed by atoms with E-state index in [2.05, 4.69) is 126 Å². The van der Waals surface area contributed by atoms with Crippen molar-refractivity contribution in [2.75, 3.05) is 7.11 Å². The molecule has 0 saturated heterocycles. The largest absolute Gasteiger partial charge is 0.497 e. The highest BCUT2D eigenvalue weighted by atomic mass is 16.5. The number of hydrogen-bond acceptors (Lipinski definition) is 1. The van der Waals surface area contributed by atoms with E-state index in [9.17, 15) is 0 Å². The first-order valence-corrected chi connectivity index (χ1v) is 12.6. The number of ether oxygens (including phenoxy) is 1. The van der Waals surface area contributed by atoms with Gasteiger partial charge < -0.3 is 9.14 Å². The predicted octanol–water partition coefficient (Wildman–Crippen LogP) is 9.26. The summed E-state index contributed by atoms with van der Waals surface area (Å²) in [6.07, 6.45) is 0. The van der Waals surface area contributed by atoms with Crippen LogP contribution in [-0.4, -0.2) is 11.5 Å². The van der Waals surface area contributed by atoms with Gasteiger partial charge in [0.1, 0.15) is 5.75 Å². The zero-order valence-electron chi connectivity index (χ0n) is 20.6. The van der Waals surface area contributed by atoms with Crippen LogP contribution in [0.3, 0.4) is 0 Å². The van der Waals surface area contributed by atoms with Gasteiger partial charge in [-0.2, -0.15) is 0 Å². The van der Waals surface area contributed by atoms with Gasteiger partial charge in [0.25, 0.3) is 0 Å². The molecule has 2 nitrogen and oxygen atoms in total. The van der Waals surface area contributed by atoms with Gasteiger partial charge in [-0.05, 0) is 69.6 Å². The Morgan fingerprint density at radius 1 is 0.459 bits per heavy atom. The Hall–Kier alpha value is -4.82. The van der Waals surface area contributed by atoms with Gasteiger partial charge in [-0.25, -0.2) is 0 Å². The van der Waals surface area contributed by atoms with Crippen LogP contribution in [0, 0.1) is 0 Å². The van der Waals surface area contributed by atoms with Gasteiger partial charge in [-0.15, -0.1) is 0 Å². The molecule has 0 N–H and O–H groups in total. The van der Waals surface area contributed by atoms with E-state index in [1.165, 1.54) is 60.7 Å². The maximum Gasteiger partial charge on any atom is 0.118 e. The van der Waals surface area contributed by atoms with Gasteiger partial charge in [0.05, 0.1) is 23.8 Å². The van der Waals surface area contributed by atoms with Crippen LogP contribution in [0.4, 0.5) is 0 Å². The molecular formula is C35H25NO. The lowest BCUT2D eigenvalue weighted by molar-refractivity contribution is 0.415. The number of benzene rings is 5. The minimum absolute atomic E-state index is 0.869. The zero-order valence-corrected chi connectivity index (χ0v) is 20.6. The van der Waals surface area contributed by atoms with E-state index in [0.29, 0.717) is 0 Å². The smallest absolute Gasteiger partial charge is 0.118 e. The number of nitrogens with zero attached hydrogens (tertiary/aromatic N) is 1. The molecule has 0 spiro atoms. The summed E-state index contributed by atoms with van der Waals surface area (Å²) in [6.45, 7) is 0. The molecule has 7 rings (SSSR count). The van der Waals surface area contributed by atoms with E-state index < -0.39 is 0 Å². The second-order valence-electron chi connectivity index (χ2n) is 9.43. The van der Waals surface area contributed by atoms with Crippen LogP contribution in [0.15, 0.2) is 133 Å². The van der Waals surface area contributed by atoms with Gasteiger partial charge in [-0.1, -0.05) is 97.1 Å². The highest BCUT2D eigenvalue weighted by molar-refractivity contribution is 6.05. The van der Waals surface area contributed by atoms with Crippen molar-refractivity contribution in [2.24, 2.45) is 0 Å². The van der Waals surface area contributed by atoms with Gasteiger partial charge in [-0.3, -0.25) is 0 Å². The number of methoxy groups -OCH3 is 1. The molecule has 0 amide bonds. The van der Waals surface area contributed by atoms with Crippen molar-refractivity contribution in [3.8, 4) is 39.3 Å². The lowest BCUT2D eigenvalue weighted by atomic mass is 10.0. The normalized spacial score (nSPS) is 11.4. The molecule has 0 fully saturated rings. The van der Waals surface area contributed by atoms with Gasteiger partial charge >= 0.3 is 0 Å². The van der Waals surface area contributed by atoms with Crippen LogP contribution in [0.1, 0.15) is 0 Å². The first-order valence-electron chi connectivity index (χ1n) is 12.6. The standard InChI is InChI=1S/C35H25NO/c1-37-31-18-15-26(16-19-31)28-17-20-33-30(21-28)23-35-32-10-6-5-9-29(32)22-34(36(33)35)27-13-11-25(12-14-27)24-7-3-2-4-8-24/h2-23H,1H3. The Labute approximate surface area is 216 Å². The molecule has 2 aromatic heterocycles. The first kappa shape index (κ1) is 21.5. The van der Waals surface area contributed by atoms with Crippen molar-refractivity contribution in [1.29, 1.82) is 0 Å². The Kier molecular flexibility index (Phi) is 5.04. The van der Waals surface area contributed by atoms with Crippen molar-refractivity contribution in [3.05, 3.63) is 133 Å². The molecule has 0 radical (unpaired) electrons. The number of aromatic nitrogens is 1. The molecule has 0 unspecified atom stereocenters. The van der Waals surface area contributed by atoms with Crippen LogP contribution in [0.25, 0.3) is 60.7 Å². The van der Waals surface area contributed by atoms with E-state index in [1.54, 1.807) is 7.11 Å². The van der Waals surface area contributed by atoms with E-state index in [4.69, 9.17) is 4.74 Å². The van der Waals surface area contributed by atoms with E-state index in [1.807, 2.05) is 12.1 Å².